The predicted octanol–water partition coefficient (Wildman–Crippen LogP) is 4.98. The van der Waals surface area contributed by atoms with E-state index in [0.29, 0.717) is 10.8 Å². The molecule has 0 radical (unpaired) electrons. The van der Waals surface area contributed by atoms with Crippen molar-refractivity contribution in [3.63, 3.8) is 0 Å². The highest BCUT2D eigenvalue weighted by molar-refractivity contribution is 4.82. The van der Waals surface area contributed by atoms with Crippen LogP contribution in [-0.4, -0.2) is 37.7 Å². The van der Waals surface area contributed by atoms with Crippen molar-refractivity contribution >= 4 is 0 Å². The average Bonchev–Trinajstić information content (AvgIpc) is 2.39. The lowest BCUT2D eigenvalue weighted by atomic mass is 9.78. The third-order valence-electron chi connectivity index (χ3n) is 5.44. The molecular weight excluding hydrogens is 270 g/mol. The Balaban J connectivity index is 1.72. The van der Waals surface area contributed by atoms with E-state index in [1.165, 1.54) is 58.2 Å². The van der Waals surface area contributed by atoms with Crippen LogP contribution in [0, 0.1) is 22.7 Å². The fourth-order valence-corrected chi connectivity index (χ4v) is 4.62. The normalized spacial score (nSPS) is 23.9. The molecule has 0 aromatic carbocycles. The van der Waals surface area contributed by atoms with E-state index in [4.69, 9.17) is 4.74 Å². The van der Waals surface area contributed by atoms with Crippen molar-refractivity contribution in [2.45, 2.75) is 73.1 Å². The molecule has 0 aromatic rings. The van der Waals surface area contributed by atoms with Gasteiger partial charge in [-0.25, -0.2) is 0 Å². The molecule has 2 heteroatoms. The molecular formula is C20H39NO. The van der Waals surface area contributed by atoms with Crippen molar-refractivity contribution in [1.29, 1.82) is 0 Å². The van der Waals surface area contributed by atoms with Crippen LogP contribution in [0.1, 0.15) is 73.1 Å². The van der Waals surface area contributed by atoms with Crippen LogP contribution in [0.3, 0.4) is 0 Å². The van der Waals surface area contributed by atoms with Crippen LogP contribution in [0.4, 0.5) is 0 Å². The molecule has 0 unspecified atom stereocenters. The minimum atomic E-state index is 0.457. The molecule has 0 bridgehead atoms. The fraction of sp³-hybridized carbons (Fsp3) is 1.00. The Morgan fingerprint density at radius 3 is 1.91 bits per heavy atom. The molecule has 0 amide bonds. The lowest BCUT2D eigenvalue weighted by Gasteiger charge is -2.40. The van der Waals surface area contributed by atoms with E-state index in [1.54, 1.807) is 0 Å². The molecule has 2 fully saturated rings. The van der Waals surface area contributed by atoms with E-state index < -0.39 is 0 Å². The molecule has 0 atom stereocenters. The second kappa shape index (κ2) is 7.66. The van der Waals surface area contributed by atoms with Gasteiger partial charge < -0.3 is 9.64 Å². The molecule has 2 saturated heterocycles. The Hall–Kier alpha value is -0.0800. The van der Waals surface area contributed by atoms with Crippen molar-refractivity contribution < 1.29 is 4.74 Å². The summed E-state index contributed by atoms with van der Waals surface area (Å²) in [5.74, 6) is 1.84. The fourth-order valence-electron chi connectivity index (χ4n) is 4.62. The summed E-state index contributed by atoms with van der Waals surface area (Å²) in [6.07, 6.45) is 8.13. The third kappa shape index (κ3) is 6.58. The second-order valence-electron chi connectivity index (χ2n) is 9.91. The van der Waals surface area contributed by atoms with E-state index in [9.17, 15) is 0 Å². The van der Waals surface area contributed by atoms with Gasteiger partial charge in [0.2, 0.25) is 0 Å². The smallest absolute Gasteiger partial charge is 0.0468 e. The summed E-state index contributed by atoms with van der Waals surface area (Å²) in [5.41, 5.74) is 0.952. The van der Waals surface area contributed by atoms with Crippen molar-refractivity contribution in [1.82, 2.24) is 4.90 Å². The molecule has 130 valence electrons. The molecule has 2 heterocycles. The summed E-state index contributed by atoms with van der Waals surface area (Å²) in [5, 5.41) is 0. The van der Waals surface area contributed by atoms with Crippen LogP contribution in [0.5, 0.6) is 0 Å². The van der Waals surface area contributed by atoms with Gasteiger partial charge in [-0.3, -0.25) is 0 Å². The van der Waals surface area contributed by atoms with Crippen LogP contribution in [0.2, 0.25) is 0 Å². The molecule has 0 spiro atoms. The molecule has 0 N–H and O–H groups in total. The summed E-state index contributed by atoms with van der Waals surface area (Å²) in [4.78, 5) is 2.73. The van der Waals surface area contributed by atoms with Gasteiger partial charge in [0.25, 0.3) is 0 Å². The first-order chi connectivity index (χ1) is 10.2. The summed E-state index contributed by atoms with van der Waals surface area (Å²) in [6.45, 7) is 18.0. The van der Waals surface area contributed by atoms with Gasteiger partial charge in [0.05, 0.1) is 0 Å². The van der Waals surface area contributed by atoms with E-state index >= 15 is 0 Å². The van der Waals surface area contributed by atoms with Gasteiger partial charge in [-0.15, -0.1) is 0 Å². The number of hydrogen-bond acceptors (Lipinski definition) is 2. The van der Waals surface area contributed by atoms with Gasteiger partial charge in [-0.05, 0) is 74.3 Å². The number of hydrogen-bond donors (Lipinski definition) is 0. The largest absolute Gasteiger partial charge is 0.381 e. The molecule has 0 saturated carbocycles. The quantitative estimate of drug-likeness (QED) is 0.710. The SMILES string of the molecule is CC(C)(C)CC1CCN(CC(C)(C)CC2CCOCC2)CC1. The first kappa shape index (κ1) is 18.3. The number of nitrogens with zero attached hydrogens (tertiary/aromatic N) is 1. The minimum Gasteiger partial charge on any atom is -0.381 e. The maximum absolute atomic E-state index is 5.51. The lowest BCUT2D eigenvalue weighted by Crippen LogP contribution is -2.41. The van der Waals surface area contributed by atoms with Gasteiger partial charge in [0.1, 0.15) is 0 Å². The van der Waals surface area contributed by atoms with Gasteiger partial charge in [-0.1, -0.05) is 34.6 Å². The number of ether oxygens (including phenoxy) is 1. The Morgan fingerprint density at radius 1 is 0.818 bits per heavy atom. The van der Waals surface area contributed by atoms with E-state index in [2.05, 4.69) is 39.5 Å². The summed E-state index contributed by atoms with van der Waals surface area (Å²) in [7, 11) is 0. The van der Waals surface area contributed by atoms with E-state index in [1.807, 2.05) is 0 Å². The molecule has 2 aliphatic heterocycles. The van der Waals surface area contributed by atoms with Crippen molar-refractivity contribution in [3.05, 3.63) is 0 Å². The Kier molecular flexibility index (Phi) is 6.36. The highest BCUT2D eigenvalue weighted by Crippen LogP contribution is 2.34. The van der Waals surface area contributed by atoms with E-state index in [-0.39, 0.29) is 0 Å². The molecule has 2 rings (SSSR count). The van der Waals surface area contributed by atoms with Crippen LogP contribution in [0.25, 0.3) is 0 Å². The molecule has 0 aromatic heterocycles. The monoisotopic (exact) mass is 309 g/mol. The van der Waals surface area contributed by atoms with E-state index in [0.717, 1.165) is 25.0 Å². The zero-order valence-corrected chi connectivity index (χ0v) is 15.8. The van der Waals surface area contributed by atoms with Gasteiger partial charge in [0, 0.05) is 19.8 Å². The molecule has 2 nitrogen and oxygen atoms in total. The summed E-state index contributed by atoms with van der Waals surface area (Å²) < 4.78 is 5.51. The van der Waals surface area contributed by atoms with Gasteiger partial charge >= 0.3 is 0 Å². The first-order valence-corrected chi connectivity index (χ1v) is 9.54. The third-order valence-corrected chi connectivity index (χ3v) is 5.44. The zero-order chi connectivity index (χ0) is 16.2. The number of likely N-dealkylation sites (tertiary alicyclic amines) is 1. The average molecular weight is 310 g/mol. The first-order valence-electron chi connectivity index (χ1n) is 9.54. The lowest BCUT2D eigenvalue weighted by molar-refractivity contribution is 0.0403. The Morgan fingerprint density at radius 2 is 1.36 bits per heavy atom. The predicted molar refractivity (Wildman–Crippen MR) is 95.2 cm³/mol. The van der Waals surface area contributed by atoms with Crippen LogP contribution >= 0.6 is 0 Å². The van der Waals surface area contributed by atoms with Crippen molar-refractivity contribution in [3.8, 4) is 0 Å². The van der Waals surface area contributed by atoms with Gasteiger partial charge in [-0.2, -0.15) is 0 Å². The number of rotatable bonds is 5. The van der Waals surface area contributed by atoms with Gasteiger partial charge in [0.15, 0.2) is 0 Å². The molecule has 22 heavy (non-hydrogen) atoms. The summed E-state index contributed by atoms with van der Waals surface area (Å²) in [6, 6.07) is 0. The summed E-state index contributed by atoms with van der Waals surface area (Å²) >= 11 is 0. The van der Waals surface area contributed by atoms with Crippen LogP contribution in [-0.2, 0) is 4.74 Å². The second-order valence-corrected chi connectivity index (χ2v) is 9.91. The highest BCUT2D eigenvalue weighted by Gasteiger charge is 2.30. The Labute approximate surface area is 139 Å². The molecule has 0 aliphatic carbocycles. The maximum Gasteiger partial charge on any atom is 0.0468 e. The molecule has 2 aliphatic rings. The van der Waals surface area contributed by atoms with Crippen LogP contribution < -0.4 is 0 Å². The number of piperidine rings is 1. The van der Waals surface area contributed by atoms with Crippen molar-refractivity contribution in [2.75, 3.05) is 32.8 Å². The zero-order valence-electron chi connectivity index (χ0n) is 15.8. The van der Waals surface area contributed by atoms with Crippen molar-refractivity contribution in [2.24, 2.45) is 22.7 Å². The highest BCUT2D eigenvalue weighted by atomic mass is 16.5. The van der Waals surface area contributed by atoms with Crippen LogP contribution in [0.15, 0.2) is 0 Å². The maximum atomic E-state index is 5.51. The minimum absolute atomic E-state index is 0.457. The standard InChI is InChI=1S/C20H39NO/c1-19(2,3)14-17-6-10-21(11-7-17)16-20(4,5)15-18-8-12-22-13-9-18/h17-18H,6-16H2,1-5H3. The Bertz CT molecular complexity index is 317. The topological polar surface area (TPSA) is 12.5 Å².